The van der Waals surface area contributed by atoms with E-state index in [2.05, 4.69) is 46.8 Å². The van der Waals surface area contributed by atoms with E-state index in [0.29, 0.717) is 12.0 Å². The minimum absolute atomic E-state index is 0. The molecule has 22 heavy (non-hydrogen) atoms. The first kappa shape index (κ1) is 21.4. The van der Waals surface area contributed by atoms with Crippen LogP contribution in [0.5, 0.6) is 0 Å². The summed E-state index contributed by atoms with van der Waals surface area (Å²) in [6.45, 7) is 8.44. The highest BCUT2D eigenvalue weighted by molar-refractivity contribution is 14.0. The van der Waals surface area contributed by atoms with E-state index in [4.69, 9.17) is 0 Å². The monoisotopic (exact) mass is 439 g/mol. The van der Waals surface area contributed by atoms with Crippen molar-refractivity contribution < 1.29 is 0 Å². The van der Waals surface area contributed by atoms with E-state index in [0.717, 1.165) is 29.8 Å². The summed E-state index contributed by atoms with van der Waals surface area (Å²) in [4.78, 5) is 10.8. The highest BCUT2D eigenvalue weighted by atomic mass is 127. The van der Waals surface area contributed by atoms with Crippen LogP contribution < -0.4 is 15.5 Å². The predicted octanol–water partition coefficient (Wildman–Crippen LogP) is 3.32. The number of guanidine groups is 1. The van der Waals surface area contributed by atoms with E-state index in [1.165, 1.54) is 6.42 Å². The zero-order valence-corrected chi connectivity index (χ0v) is 17.7. The van der Waals surface area contributed by atoms with E-state index in [9.17, 15) is 0 Å². The fourth-order valence-corrected chi connectivity index (χ4v) is 2.56. The van der Waals surface area contributed by atoms with E-state index < -0.39 is 0 Å². The van der Waals surface area contributed by atoms with Crippen LogP contribution in [0.3, 0.4) is 0 Å². The van der Waals surface area contributed by atoms with Crippen molar-refractivity contribution in [1.82, 2.24) is 15.6 Å². The zero-order chi connectivity index (χ0) is 15.9. The smallest absolute Gasteiger partial charge is 0.191 e. The summed E-state index contributed by atoms with van der Waals surface area (Å²) in [5, 5.41) is 9.75. The molecule has 0 radical (unpaired) electrons. The lowest BCUT2D eigenvalue weighted by Crippen LogP contribution is -2.37. The first-order valence-electron chi connectivity index (χ1n) is 7.38. The summed E-state index contributed by atoms with van der Waals surface area (Å²) in [5.74, 6) is 0.836. The maximum Gasteiger partial charge on any atom is 0.191 e. The largest absolute Gasteiger partial charge is 0.356 e. The van der Waals surface area contributed by atoms with Gasteiger partial charge in [0.1, 0.15) is 0 Å². The van der Waals surface area contributed by atoms with Crippen molar-refractivity contribution in [3.05, 3.63) is 11.1 Å². The number of anilines is 1. The molecule has 1 heterocycles. The Morgan fingerprint density at radius 3 is 2.50 bits per heavy atom. The molecule has 1 rings (SSSR count). The van der Waals surface area contributed by atoms with Crippen molar-refractivity contribution in [1.29, 1.82) is 0 Å². The standard InChI is InChI=1S/C15H29N5S.HI/c1-15(2,3)8-7-9-17-13(16-4)18-10-12-11-21-14(19-12)20(5)6;/h11H,7-10H2,1-6H3,(H2,16,17,18);1H. The van der Waals surface area contributed by atoms with Crippen LogP contribution in [0.15, 0.2) is 10.4 Å². The van der Waals surface area contributed by atoms with Gasteiger partial charge in [0, 0.05) is 33.1 Å². The van der Waals surface area contributed by atoms with Crippen LogP contribution in [0.25, 0.3) is 0 Å². The summed E-state index contributed by atoms with van der Waals surface area (Å²) >= 11 is 1.66. The van der Waals surface area contributed by atoms with E-state index in [-0.39, 0.29) is 24.0 Å². The molecular formula is C15H30IN5S. The van der Waals surface area contributed by atoms with Crippen LogP contribution in [0.4, 0.5) is 5.13 Å². The second-order valence-electron chi connectivity index (χ2n) is 6.53. The molecule has 0 saturated heterocycles. The van der Waals surface area contributed by atoms with Gasteiger partial charge in [0.05, 0.1) is 12.2 Å². The number of thiazole rings is 1. The van der Waals surface area contributed by atoms with Gasteiger partial charge in [-0.3, -0.25) is 4.99 Å². The van der Waals surface area contributed by atoms with Gasteiger partial charge in [0.2, 0.25) is 0 Å². The van der Waals surface area contributed by atoms with Gasteiger partial charge < -0.3 is 15.5 Å². The Morgan fingerprint density at radius 1 is 1.32 bits per heavy atom. The molecule has 0 saturated carbocycles. The molecule has 7 heteroatoms. The number of rotatable bonds is 6. The lowest BCUT2D eigenvalue weighted by Gasteiger charge is -2.18. The van der Waals surface area contributed by atoms with Gasteiger partial charge in [-0.05, 0) is 18.3 Å². The molecule has 0 fully saturated rings. The van der Waals surface area contributed by atoms with Gasteiger partial charge in [-0.25, -0.2) is 4.98 Å². The highest BCUT2D eigenvalue weighted by Crippen LogP contribution is 2.19. The quantitative estimate of drug-likeness (QED) is 0.309. The lowest BCUT2D eigenvalue weighted by atomic mass is 9.91. The van der Waals surface area contributed by atoms with Gasteiger partial charge in [-0.1, -0.05) is 20.8 Å². The van der Waals surface area contributed by atoms with Crippen molar-refractivity contribution >= 4 is 46.4 Å². The first-order valence-corrected chi connectivity index (χ1v) is 8.26. The van der Waals surface area contributed by atoms with Crippen molar-refractivity contribution in [2.24, 2.45) is 10.4 Å². The Labute approximate surface area is 156 Å². The predicted molar refractivity (Wildman–Crippen MR) is 109 cm³/mol. The summed E-state index contributed by atoms with van der Waals surface area (Å²) in [7, 11) is 5.81. The SMILES string of the molecule is CN=C(NCCCC(C)(C)C)NCc1csc(N(C)C)n1.I. The summed E-state index contributed by atoms with van der Waals surface area (Å²) < 4.78 is 0. The van der Waals surface area contributed by atoms with E-state index in [1.807, 2.05) is 19.0 Å². The van der Waals surface area contributed by atoms with Crippen molar-refractivity contribution in [2.45, 2.75) is 40.2 Å². The molecule has 0 spiro atoms. The number of nitrogens with zero attached hydrogens (tertiary/aromatic N) is 3. The number of hydrogen-bond acceptors (Lipinski definition) is 4. The molecule has 0 aliphatic heterocycles. The molecule has 0 atom stereocenters. The van der Waals surface area contributed by atoms with Gasteiger partial charge in [-0.15, -0.1) is 35.3 Å². The highest BCUT2D eigenvalue weighted by Gasteiger charge is 2.09. The Balaban J connectivity index is 0.00000441. The summed E-state index contributed by atoms with van der Waals surface area (Å²) in [6, 6.07) is 0. The molecule has 1 aromatic heterocycles. The Hall–Kier alpha value is -0.570. The number of halogens is 1. The third-order valence-corrected chi connectivity index (χ3v) is 4.04. The van der Waals surface area contributed by atoms with Crippen molar-refractivity contribution in [3.63, 3.8) is 0 Å². The third kappa shape index (κ3) is 8.77. The van der Waals surface area contributed by atoms with E-state index >= 15 is 0 Å². The lowest BCUT2D eigenvalue weighted by molar-refractivity contribution is 0.365. The van der Waals surface area contributed by atoms with Crippen LogP contribution in [0, 0.1) is 5.41 Å². The van der Waals surface area contributed by atoms with Gasteiger partial charge in [0.15, 0.2) is 11.1 Å². The van der Waals surface area contributed by atoms with Crippen LogP contribution >= 0.6 is 35.3 Å². The van der Waals surface area contributed by atoms with Crippen LogP contribution in [-0.4, -0.2) is 38.6 Å². The molecular weight excluding hydrogens is 409 g/mol. The second-order valence-corrected chi connectivity index (χ2v) is 7.37. The maximum absolute atomic E-state index is 4.54. The first-order chi connectivity index (χ1) is 9.81. The van der Waals surface area contributed by atoms with Crippen molar-refractivity contribution in [2.75, 3.05) is 32.6 Å². The Morgan fingerprint density at radius 2 is 2.00 bits per heavy atom. The van der Waals surface area contributed by atoms with Gasteiger partial charge >= 0.3 is 0 Å². The van der Waals surface area contributed by atoms with Crippen molar-refractivity contribution in [3.8, 4) is 0 Å². The fourth-order valence-electron chi connectivity index (χ4n) is 1.80. The number of aliphatic imine (C=N–C) groups is 1. The molecule has 0 aliphatic carbocycles. The third-order valence-electron chi connectivity index (χ3n) is 2.98. The fraction of sp³-hybridized carbons (Fsp3) is 0.733. The summed E-state index contributed by atoms with van der Waals surface area (Å²) in [5.41, 5.74) is 1.43. The van der Waals surface area contributed by atoms with Gasteiger partial charge in [-0.2, -0.15) is 0 Å². The second kappa shape index (κ2) is 10.3. The Kier molecular flexibility index (Phi) is 9.99. The minimum atomic E-state index is 0. The number of hydrogen-bond donors (Lipinski definition) is 2. The summed E-state index contributed by atoms with van der Waals surface area (Å²) in [6.07, 6.45) is 2.35. The molecule has 0 aliphatic rings. The zero-order valence-electron chi connectivity index (χ0n) is 14.6. The normalized spacial score (nSPS) is 11.8. The Bertz CT molecular complexity index is 451. The molecule has 2 N–H and O–H groups in total. The van der Waals surface area contributed by atoms with Gasteiger partial charge in [0.25, 0.3) is 0 Å². The molecule has 128 valence electrons. The average molecular weight is 439 g/mol. The molecule has 0 amide bonds. The topological polar surface area (TPSA) is 52.6 Å². The van der Waals surface area contributed by atoms with E-state index in [1.54, 1.807) is 18.4 Å². The molecule has 0 aromatic carbocycles. The molecule has 0 unspecified atom stereocenters. The molecule has 0 bridgehead atoms. The number of nitrogens with one attached hydrogen (secondary N) is 2. The molecule has 5 nitrogen and oxygen atoms in total. The maximum atomic E-state index is 4.54. The molecule has 1 aromatic rings. The average Bonchev–Trinajstić information content (AvgIpc) is 2.85. The van der Waals surface area contributed by atoms with Crippen LogP contribution in [-0.2, 0) is 6.54 Å². The minimum Gasteiger partial charge on any atom is -0.356 e. The van der Waals surface area contributed by atoms with Crippen LogP contribution in [0.1, 0.15) is 39.3 Å². The van der Waals surface area contributed by atoms with Crippen LogP contribution in [0.2, 0.25) is 0 Å². The number of aromatic nitrogens is 1.